The van der Waals surface area contributed by atoms with Crippen molar-refractivity contribution in [2.75, 3.05) is 0 Å². The van der Waals surface area contributed by atoms with Crippen molar-refractivity contribution >= 4 is 11.6 Å². The minimum atomic E-state index is -0.0985. The minimum Gasteiger partial charge on any atom is -0.310 e. The Morgan fingerprint density at radius 1 is 1.33 bits per heavy atom. The highest BCUT2D eigenvalue weighted by Crippen LogP contribution is 2.38. The topological polar surface area (TPSA) is 45.8 Å². The molecular weight excluding hydrogens is 248 g/mol. The van der Waals surface area contributed by atoms with E-state index in [1.54, 1.807) is 0 Å². The van der Waals surface area contributed by atoms with E-state index in [-0.39, 0.29) is 5.56 Å². The lowest BCUT2D eigenvalue weighted by atomic mass is 10.1. The fraction of sp³-hybridized carbons (Fsp3) is 0.286. The van der Waals surface area contributed by atoms with Gasteiger partial charge in [0.05, 0.1) is 5.69 Å². The van der Waals surface area contributed by atoms with E-state index in [1.165, 1.54) is 6.07 Å². The smallest absolute Gasteiger partial charge is 0.251 e. The highest BCUT2D eigenvalue weighted by atomic mass is 35.5. The SMILES string of the molecule is Cc1ccc(-c2cc(=O)[nH]c(C3CC3)n2)cc1Cl. The predicted molar refractivity (Wildman–Crippen MR) is 72.0 cm³/mol. The first-order valence-electron chi connectivity index (χ1n) is 6.01. The zero-order valence-corrected chi connectivity index (χ0v) is 10.8. The van der Waals surface area contributed by atoms with Gasteiger partial charge in [-0.25, -0.2) is 4.98 Å². The molecule has 1 aliphatic rings. The normalized spacial score (nSPS) is 14.8. The first-order chi connectivity index (χ1) is 8.63. The second-order valence-corrected chi connectivity index (χ2v) is 5.16. The van der Waals surface area contributed by atoms with Gasteiger partial charge in [-0.2, -0.15) is 0 Å². The van der Waals surface area contributed by atoms with E-state index in [1.807, 2.05) is 25.1 Å². The van der Waals surface area contributed by atoms with Crippen LogP contribution >= 0.6 is 11.6 Å². The number of nitrogens with one attached hydrogen (secondary N) is 1. The second kappa shape index (κ2) is 4.25. The largest absolute Gasteiger partial charge is 0.310 e. The summed E-state index contributed by atoms with van der Waals surface area (Å²) in [5.74, 6) is 1.23. The molecule has 0 saturated heterocycles. The first-order valence-corrected chi connectivity index (χ1v) is 6.39. The van der Waals surface area contributed by atoms with Crippen LogP contribution in [0.1, 0.15) is 30.1 Å². The Bertz CT molecular complexity index is 659. The van der Waals surface area contributed by atoms with Crippen LogP contribution in [0.3, 0.4) is 0 Å². The molecule has 1 heterocycles. The Hall–Kier alpha value is -1.61. The Morgan fingerprint density at radius 2 is 2.11 bits per heavy atom. The van der Waals surface area contributed by atoms with Gasteiger partial charge in [0, 0.05) is 22.6 Å². The van der Waals surface area contributed by atoms with Gasteiger partial charge in [0.1, 0.15) is 5.82 Å². The maximum absolute atomic E-state index is 11.6. The van der Waals surface area contributed by atoms with Crippen molar-refractivity contribution in [3.8, 4) is 11.3 Å². The summed E-state index contributed by atoms with van der Waals surface area (Å²) in [6, 6.07) is 7.26. The van der Waals surface area contributed by atoms with Crippen LogP contribution < -0.4 is 5.56 Å². The van der Waals surface area contributed by atoms with Crippen LogP contribution in [0.15, 0.2) is 29.1 Å². The summed E-state index contributed by atoms with van der Waals surface area (Å²) < 4.78 is 0. The fourth-order valence-electron chi connectivity index (χ4n) is 1.93. The van der Waals surface area contributed by atoms with Crippen molar-refractivity contribution in [1.29, 1.82) is 0 Å². The van der Waals surface area contributed by atoms with Gasteiger partial charge in [-0.1, -0.05) is 23.7 Å². The molecule has 0 spiro atoms. The van der Waals surface area contributed by atoms with Crippen molar-refractivity contribution in [1.82, 2.24) is 9.97 Å². The number of aromatic amines is 1. The van der Waals surface area contributed by atoms with E-state index in [0.717, 1.165) is 29.8 Å². The minimum absolute atomic E-state index is 0.0985. The molecule has 4 heteroatoms. The molecule has 3 nitrogen and oxygen atoms in total. The van der Waals surface area contributed by atoms with E-state index in [4.69, 9.17) is 11.6 Å². The van der Waals surface area contributed by atoms with E-state index < -0.39 is 0 Å². The van der Waals surface area contributed by atoms with Crippen molar-refractivity contribution in [3.05, 3.63) is 51.0 Å². The van der Waals surface area contributed by atoms with Gasteiger partial charge in [-0.05, 0) is 31.4 Å². The zero-order valence-electron chi connectivity index (χ0n) is 10.0. The lowest BCUT2D eigenvalue weighted by Gasteiger charge is -2.05. The molecule has 1 aromatic carbocycles. The molecule has 0 radical (unpaired) electrons. The van der Waals surface area contributed by atoms with Gasteiger partial charge in [0.15, 0.2) is 0 Å². The Morgan fingerprint density at radius 3 is 2.78 bits per heavy atom. The van der Waals surface area contributed by atoms with Crippen molar-refractivity contribution < 1.29 is 0 Å². The summed E-state index contributed by atoms with van der Waals surface area (Å²) in [6.45, 7) is 1.95. The number of H-pyrrole nitrogens is 1. The van der Waals surface area contributed by atoms with E-state index in [9.17, 15) is 4.79 Å². The van der Waals surface area contributed by atoms with Crippen LogP contribution in [0, 0.1) is 6.92 Å². The molecule has 1 aromatic heterocycles. The van der Waals surface area contributed by atoms with Crippen molar-refractivity contribution in [2.45, 2.75) is 25.7 Å². The molecule has 1 fully saturated rings. The molecule has 1 N–H and O–H groups in total. The second-order valence-electron chi connectivity index (χ2n) is 4.75. The average molecular weight is 261 g/mol. The number of aryl methyl sites for hydroxylation is 1. The maximum Gasteiger partial charge on any atom is 0.251 e. The number of hydrogen-bond donors (Lipinski definition) is 1. The zero-order chi connectivity index (χ0) is 12.7. The van der Waals surface area contributed by atoms with Crippen LogP contribution in [0.25, 0.3) is 11.3 Å². The van der Waals surface area contributed by atoms with Crippen LogP contribution in [0.4, 0.5) is 0 Å². The Kier molecular flexibility index (Phi) is 2.71. The first kappa shape index (κ1) is 11.5. The third kappa shape index (κ3) is 2.18. The number of halogens is 1. The molecule has 92 valence electrons. The van der Waals surface area contributed by atoms with E-state index in [2.05, 4.69) is 9.97 Å². The number of hydrogen-bond acceptors (Lipinski definition) is 2. The number of aromatic nitrogens is 2. The Labute approximate surface area is 110 Å². The average Bonchev–Trinajstić information content (AvgIpc) is 3.16. The van der Waals surface area contributed by atoms with Crippen molar-refractivity contribution in [2.24, 2.45) is 0 Å². The maximum atomic E-state index is 11.6. The number of benzene rings is 1. The molecular formula is C14H13ClN2O. The van der Waals surface area contributed by atoms with Crippen LogP contribution in [0.5, 0.6) is 0 Å². The lowest BCUT2D eigenvalue weighted by Crippen LogP contribution is -2.10. The molecule has 0 atom stereocenters. The number of rotatable bonds is 2. The van der Waals surface area contributed by atoms with E-state index in [0.29, 0.717) is 16.6 Å². The summed E-state index contributed by atoms with van der Waals surface area (Å²) in [5.41, 5.74) is 2.51. The highest BCUT2D eigenvalue weighted by Gasteiger charge is 2.26. The summed E-state index contributed by atoms with van der Waals surface area (Å²) in [4.78, 5) is 19.0. The summed E-state index contributed by atoms with van der Waals surface area (Å²) in [5, 5.41) is 0.697. The number of nitrogens with zero attached hydrogens (tertiary/aromatic N) is 1. The molecule has 1 aliphatic carbocycles. The third-order valence-electron chi connectivity index (χ3n) is 3.19. The molecule has 0 bridgehead atoms. The molecule has 1 saturated carbocycles. The molecule has 0 unspecified atom stereocenters. The van der Waals surface area contributed by atoms with Crippen LogP contribution in [-0.4, -0.2) is 9.97 Å². The predicted octanol–water partition coefficient (Wildman–Crippen LogP) is 3.28. The van der Waals surface area contributed by atoms with Gasteiger partial charge in [-0.3, -0.25) is 4.79 Å². The summed E-state index contributed by atoms with van der Waals surface area (Å²) in [7, 11) is 0. The quantitative estimate of drug-likeness (QED) is 0.901. The molecule has 0 aliphatic heterocycles. The molecule has 2 aromatic rings. The Balaban J connectivity index is 2.09. The van der Waals surface area contributed by atoms with Gasteiger partial charge < -0.3 is 4.98 Å². The van der Waals surface area contributed by atoms with Crippen LogP contribution in [-0.2, 0) is 0 Å². The summed E-state index contributed by atoms with van der Waals surface area (Å²) >= 11 is 6.10. The third-order valence-corrected chi connectivity index (χ3v) is 3.60. The van der Waals surface area contributed by atoms with E-state index >= 15 is 0 Å². The summed E-state index contributed by atoms with van der Waals surface area (Å²) in [6.07, 6.45) is 2.22. The van der Waals surface area contributed by atoms with Gasteiger partial charge in [0.25, 0.3) is 5.56 Å². The molecule has 0 amide bonds. The van der Waals surface area contributed by atoms with Gasteiger partial charge >= 0.3 is 0 Å². The standard InChI is InChI=1S/C14H13ClN2O/c1-8-2-3-10(6-11(8)15)12-7-13(18)17-14(16-12)9-4-5-9/h2-3,6-7,9H,4-5H2,1H3,(H,16,17,18). The van der Waals surface area contributed by atoms with Gasteiger partial charge in [0.2, 0.25) is 0 Å². The fourth-order valence-corrected chi connectivity index (χ4v) is 2.11. The molecule has 3 rings (SSSR count). The lowest BCUT2D eigenvalue weighted by molar-refractivity contribution is 0.912. The molecule has 18 heavy (non-hydrogen) atoms. The van der Waals surface area contributed by atoms with Gasteiger partial charge in [-0.15, -0.1) is 0 Å². The van der Waals surface area contributed by atoms with Crippen molar-refractivity contribution in [3.63, 3.8) is 0 Å². The monoisotopic (exact) mass is 260 g/mol. The highest BCUT2D eigenvalue weighted by molar-refractivity contribution is 6.31. The van der Waals surface area contributed by atoms with Crippen LogP contribution in [0.2, 0.25) is 5.02 Å².